The number of methoxy groups -OCH3 is 1. The van der Waals surface area contributed by atoms with Crippen LogP contribution < -0.4 is 19.1 Å². The number of carboxylic acids is 1. The first-order chi connectivity index (χ1) is 9.27. The fraction of sp³-hybridized carbons (Fsp3) is 0.364. The molecule has 1 heterocycles. The van der Waals surface area contributed by atoms with Crippen molar-refractivity contribution in [3.05, 3.63) is 11.6 Å². The van der Waals surface area contributed by atoms with Gasteiger partial charge in [-0.25, -0.2) is 0 Å². The Bertz CT molecular complexity index is 553. The molecular weight excluding hydrogens is 467 g/mol. The van der Waals surface area contributed by atoms with Crippen LogP contribution in [0.4, 0.5) is 10.1 Å². The number of amides is 1. The van der Waals surface area contributed by atoms with Gasteiger partial charge in [-0.1, -0.05) is 0 Å². The predicted octanol–water partition coefficient (Wildman–Crippen LogP) is -0.683. The van der Waals surface area contributed by atoms with E-state index in [-0.39, 0.29) is 23.6 Å². The number of carbonyl (C=O) groups excluding carboxylic acids is 1. The van der Waals surface area contributed by atoms with Crippen molar-refractivity contribution in [3.8, 4) is 5.75 Å². The zero-order valence-electron chi connectivity index (χ0n) is 10.7. The van der Waals surface area contributed by atoms with Gasteiger partial charge in [0, 0.05) is 0 Å². The van der Waals surface area contributed by atoms with E-state index in [9.17, 15) is 14.0 Å². The fourth-order valence-corrected chi connectivity index (χ4v) is 2.69. The van der Waals surface area contributed by atoms with Crippen LogP contribution in [-0.4, -0.2) is 35.1 Å². The molecule has 4 N–H and O–H groups in total. The van der Waals surface area contributed by atoms with Crippen molar-refractivity contribution >= 4 is 20.8 Å². The Kier molecular flexibility index (Phi) is 5.77. The molecule has 1 aromatic rings. The third kappa shape index (κ3) is 3.83. The van der Waals surface area contributed by atoms with E-state index in [4.69, 9.17) is 15.6 Å². The van der Waals surface area contributed by atoms with Crippen LogP contribution in [0.15, 0.2) is 0 Å². The molecule has 0 saturated heterocycles. The summed E-state index contributed by atoms with van der Waals surface area (Å²) in [6.07, 6.45) is -0.175. The van der Waals surface area contributed by atoms with Crippen LogP contribution in [0.25, 0.3) is 0 Å². The summed E-state index contributed by atoms with van der Waals surface area (Å²) in [5.41, 5.74) is 5.44. The van der Waals surface area contributed by atoms with Gasteiger partial charge in [-0.05, 0) is 0 Å². The van der Waals surface area contributed by atoms with Crippen molar-refractivity contribution < 1.29 is 48.5 Å². The minimum absolute atomic E-state index is 0.0707. The molecule has 0 fully saturated rings. The zero-order chi connectivity index (χ0) is 15.4. The number of pyridine rings is 1. The second-order valence-electron chi connectivity index (χ2n) is 3.90. The van der Waals surface area contributed by atoms with E-state index in [1.54, 1.807) is 0 Å². The number of nitrogens with zero attached hydrogens (tertiary/aromatic N) is 1. The summed E-state index contributed by atoms with van der Waals surface area (Å²) < 4.78 is 19.4. The Hall–Kier alpha value is -1.34. The molecule has 1 aromatic heterocycles. The van der Waals surface area contributed by atoms with Gasteiger partial charge in [0.2, 0.25) is 0 Å². The van der Waals surface area contributed by atoms with Crippen molar-refractivity contribution in [2.75, 3.05) is 12.4 Å². The molecule has 0 spiro atoms. The SMILES string of the molecule is COc1c(CC(N)C(=O)O)nc(F)c(NC(C)=O)c1[At]. The molecule has 9 heteroatoms. The molecule has 7 nitrogen and oxygen atoms in total. The van der Waals surface area contributed by atoms with Gasteiger partial charge in [0.15, 0.2) is 0 Å². The number of nitrogens with one attached hydrogen (secondary N) is 1. The van der Waals surface area contributed by atoms with Gasteiger partial charge >= 0.3 is 129 Å². The molecule has 1 unspecified atom stereocenters. The second kappa shape index (κ2) is 6.90. The van der Waals surface area contributed by atoms with Crippen LogP contribution in [0.3, 0.4) is 0 Å². The molecule has 1 amide bonds. The number of aromatic nitrogens is 1. The average molecular weight is 480 g/mol. The van der Waals surface area contributed by atoms with Crippen LogP contribution in [0.5, 0.6) is 5.75 Å². The van der Waals surface area contributed by atoms with Gasteiger partial charge < -0.3 is 0 Å². The van der Waals surface area contributed by atoms with Gasteiger partial charge in [0.05, 0.1) is 0 Å². The number of carboxylic acid groups (broad SMARTS) is 1. The molecule has 0 saturated carbocycles. The Labute approximate surface area is 129 Å². The summed E-state index contributed by atoms with van der Waals surface area (Å²) in [4.78, 5) is 25.4. The molecule has 1 atom stereocenters. The van der Waals surface area contributed by atoms with E-state index in [0.29, 0.717) is 3.27 Å². The molecule has 0 aliphatic carbocycles. The van der Waals surface area contributed by atoms with Crippen LogP contribution >= 0.6 is 0 Å². The topological polar surface area (TPSA) is 115 Å². The third-order valence-electron chi connectivity index (χ3n) is 2.36. The second-order valence-corrected chi connectivity index (χ2v) is 5.37. The normalized spacial score (nSPS) is 11.8. The average Bonchev–Trinajstić information content (AvgIpc) is 2.34. The number of nitrogens with two attached hydrogens (primary N) is 1. The Morgan fingerprint density at radius 1 is 1.60 bits per heavy atom. The monoisotopic (exact) mass is 480 g/mol. The van der Waals surface area contributed by atoms with Crippen LogP contribution in [0, 0.1) is 30.7 Å². The molecule has 0 aliphatic rings. The Morgan fingerprint density at radius 2 is 2.20 bits per heavy atom. The first-order valence-electron chi connectivity index (χ1n) is 5.45. The quantitative estimate of drug-likeness (QED) is 0.482. The predicted molar refractivity (Wildman–Crippen MR) is 64.0 cm³/mol. The maximum absolute atomic E-state index is 13.9. The number of aliphatic carboxylic acids is 1. The molecule has 0 bridgehead atoms. The van der Waals surface area contributed by atoms with Crippen molar-refractivity contribution in [1.29, 1.82) is 0 Å². The maximum atomic E-state index is 13.9. The number of ether oxygens (including phenoxy) is 1. The number of rotatable bonds is 5. The Balaban J connectivity index is 3.27. The number of carbonyl (C=O) groups is 2. The van der Waals surface area contributed by atoms with Gasteiger partial charge in [-0.3, -0.25) is 0 Å². The summed E-state index contributed by atoms with van der Waals surface area (Å²) >= 11 is 1.07. The molecule has 0 aromatic carbocycles. The first kappa shape index (κ1) is 16.7. The van der Waals surface area contributed by atoms with Gasteiger partial charge in [-0.2, -0.15) is 0 Å². The minimum atomic E-state index is -1.22. The van der Waals surface area contributed by atoms with E-state index >= 15 is 0 Å². The third-order valence-corrected chi connectivity index (χ3v) is 3.76. The summed E-state index contributed by atoms with van der Waals surface area (Å²) in [5.74, 6) is -2.34. The van der Waals surface area contributed by atoms with Gasteiger partial charge in [0.1, 0.15) is 0 Å². The van der Waals surface area contributed by atoms with Crippen LogP contribution in [0.1, 0.15) is 12.6 Å². The van der Waals surface area contributed by atoms with Crippen LogP contribution in [-0.2, 0) is 16.0 Å². The van der Waals surface area contributed by atoms with Crippen molar-refractivity contribution in [3.63, 3.8) is 0 Å². The zero-order valence-corrected chi connectivity index (χ0v) is 13.7. The van der Waals surface area contributed by atoms with E-state index in [0.717, 1.165) is 24.7 Å². The molecule has 0 aliphatic heterocycles. The molecular formula is C11H13AtFN3O4. The van der Waals surface area contributed by atoms with Crippen molar-refractivity contribution in [2.24, 2.45) is 5.73 Å². The molecule has 0 radical (unpaired) electrons. The Morgan fingerprint density at radius 3 is 2.65 bits per heavy atom. The molecule has 20 heavy (non-hydrogen) atoms. The van der Waals surface area contributed by atoms with Crippen LogP contribution in [0.2, 0.25) is 0 Å². The molecule has 1 rings (SSSR count). The number of hydrogen-bond acceptors (Lipinski definition) is 5. The van der Waals surface area contributed by atoms with E-state index < -0.39 is 23.9 Å². The molecule has 110 valence electrons. The number of hydrogen-bond donors (Lipinski definition) is 3. The summed E-state index contributed by atoms with van der Waals surface area (Å²) in [6.45, 7) is 1.24. The summed E-state index contributed by atoms with van der Waals surface area (Å²) in [6, 6.07) is -1.21. The standard InChI is InChI=1S/C11H13AtFN3O4/c1-4(17)15-8-7(12)9(20-2)6(16-10(8)13)3-5(14)11(18)19/h5H,3,14H2,1-2H3,(H,15,17)(H,18,19). The van der Waals surface area contributed by atoms with E-state index in [1.807, 2.05) is 0 Å². The number of halogens is 1. The van der Waals surface area contributed by atoms with Crippen molar-refractivity contribution in [2.45, 2.75) is 19.4 Å². The fourth-order valence-electron chi connectivity index (χ4n) is 1.48. The van der Waals surface area contributed by atoms with Gasteiger partial charge in [0.25, 0.3) is 0 Å². The van der Waals surface area contributed by atoms with E-state index in [1.165, 1.54) is 14.0 Å². The summed E-state index contributed by atoms with van der Waals surface area (Å²) in [5, 5.41) is 11.1. The first-order valence-corrected chi connectivity index (χ1v) is 6.92. The number of anilines is 1. The van der Waals surface area contributed by atoms with E-state index in [2.05, 4.69) is 10.3 Å². The summed E-state index contributed by atoms with van der Waals surface area (Å²) in [7, 11) is 1.35. The van der Waals surface area contributed by atoms with Gasteiger partial charge in [-0.15, -0.1) is 0 Å². The van der Waals surface area contributed by atoms with Crippen molar-refractivity contribution in [1.82, 2.24) is 4.98 Å².